The predicted molar refractivity (Wildman–Crippen MR) is 92.2 cm³/mol. The van der Waals surface area contributed by atoms with E-state index in [9.17, 15) is 13.2 Å². The van der Waals surface area contributed by atoms with Crippen molar-refractivity contribution in [2.75, 3.05) is 0 Å². The van der Waals surface area contributed by atoms with Gasteiger partial charge in [0.05, 0.1) is 14.2 Å². The van der Waals surface area contributed by atoms with Crippen molar-refractivity contribution in [2.24, 2.45) is 0 Å². The molecule has 0 aliphatic rings. The van der Waals surface area contributed by atoms with Crippen LogP contribution in [0.2, 0.25) is 0 Å². The van der Waals surface area contributed by atoms with Crippen LogP contribution in [0.25, 0.3) is 0 Å². The average molecular weight is 502 g/mol. The molecule has 2 N–H and O–H groups in total. The van der Waals surface area contributed by atoms with Gasteiger partial charge in [-0.3, -0.25) is 0 Å². The number of aromatic carboxylic acids is 1. The van der Waals surface area contributed by atoms with Crippen LogP contribution < -0.4 is 4.72 Å². The fourth-order valence-corrected chi connectivity index (χ4v) is 4.64. The molecule has 1 aromatic carbocycles. The van der Waals surface area contributed by atoms with E-state index in [0.29, 0.717) is 3.57 Å². The maximum absolute atomic E-state index is 12.2. The molecule has 0 amide bonds. The van der Waals surface area contributed by atoms with Crippen LogP contribution in [0.5, 0.6) is 0 Å². The summed E-state index contributed by atoms with van der Waals surface area (Å²) < 4.78 is 28.2. The Labute approximate surface area is 147 Å². The minimum absolute atomic E-state index is 0.0302. The summed E-state index contributed by atoms with van der Waals surface area (Å²) in [5.74, 6) is -1.15. The Morgan fingerprint density at radius 3 is 2.62 bits per heavy atom. The van der Waals surface area contributed by atoms with Crippen LogP contribution in [0, 0.1) is 3.57 Å². The number of carbonyl (C=O) groups is 1. The first kappa shape index (κ1) is 16.9. The number of carboxylic acid groups (broad SMARTS) is 1. The van der Waals surface area contributed by atoms with Crippen LogP contribution in [-0.2, 0) is 16.6 Å². The second-order valence-electron chi connectivity index (χ2n) is 3.98. The third kappa shape index (κ3) is 4.25. The number of carboxylic acids is 1. The molecule has 21 heavy (non-hydrogen) atoms. The Kier molecular flexibility index (Phi) is 5.41. The third-order valence-electron chi connectivity index (χ3n) is 2.54. The fourth-order valence-electron chi connectivity index (χ4n) is 1.53. The Morgan fingerprint density at radius 2 is 2.05 bits per heavy atom. The van der Waals surface area contributed by atoms with E-state index in [0.717, 1.165) is 14.7 Å². The number of hydrogen-bond donors (Lipinski definition) is 2. The highest BCUT2D eigenvalue weighted by Crippen LogP contribution is 2.23. The second-order valence-corrected chi connectivity index (χ2v) is 9.45. The van der Waals surface area contributed by atoms with Crippen molar-refractivity contribution in [1.29, 1.82) is 0 Å². The Hall–Kier alpha value is -0.490. The molecule has 1 aromatic heterocycles. The SMILES string of the molecule is O=C(O)c1cc(S(=O)(=O)NCc2ccc(Br)s2)ccc1I. The number of benzene rings is 1. The van der Waals surface area contributed by atoms with E-state index < -0.39 is 16.0 Å². The van der Waals surface area contributed by atoms with Crippen molar-refractivity contribution in [3.63, 3.8) is 0 Å². The standard InChI is InChI=1S/C12H9BrINO4S2/c13-11-4-1-7(20-11)6-15-21(18,19)8-2-3-10(14)9(5-8)12(16)17/h1-5,15H,6H2,(H,16,17). The van der Waals surface area contributed by atoms with Gasteiger partial charge in [0, 0.05) is 15.0 Å². The Bertz CT molecular complexity index is 788. The zero-order valence-corrected chi connectivity index (χ0v) is 15.7. The van der Waals surface area contributed by atoms with Gasteiger partial charge in [0.15, 0.2) is 0 Å². The summed E-state index contributed by atoms with van der Waals surface area (Å²) in [5, 5.41) is 9.04. The Balaban J connectivity index is 2.23. The van der Waals surface area contributed by atoms with Crippen LogP contribution in [0.15, 0.2) is 39.0 Å². The second kappa shape index (κ2) is 6.73. The fraction of sp³-hybridized carbons (Fsp3) is 0.0833. The van der Waals surface area contributed by atoms with Gasteiger partial charge < -0.3 is 5.11 Å². The number of sulfonamides is 1. The van der Waals surface area contributed by atoms with Gasteiger partial charge >= 0.3 is 5.97 Å². The van der Waals surface area contributed by atoms with E-state index >= 15 is 0 Å². The molecule has 112 valence electrons. The van der Waals surface area contributed by atoms with Gasteiger partial charge in [-0.2, -0.15) is 0 Å². The highest BCUT2D eigenvalue weighted by atomic mass is 127. The lowest BCUT2D eigenvalue weighted by Gasteiger charge is -2.07. The van der Waals surface area contributed by atoms with E-state index in [-0.39, 0.29) is 17.0 Å². The zero-order chi connectivity index (χ0) is 15.6. The number of nitrogens with one attached hydrogen (secondary N) is 1. The van der Waals surface area contributed by atoms with Crippen LogP contribution in [0.3, 0.4) is 0 Å². The van der Waals surface area contributed by atoms with Gasteiger partial charge in [0.2, 0.25) is 10.0 Å². The number of rotatable bonds is 5. The smallest absolute Gasteiger partial charge is 0.336 e. The van der Waals surface area contributed by atoms with Gasteiger partial charge in [-0.15, -0.1) is 11.3 Å². The van der Waals surface area contributed by atoms with Gasteiger partial charge in [-0.05, 0) is 68.9 Å². The molecule has 2 aromatic rings. The lowest BCUT2D eigenvalue weighted by Crippen LogP contribution is -2.23. The minimum atomic E-state index is -3.75. The Morgan fingerprint density at radius 1 is 1.33 bits per heavy atom. The summed E-state index contributed by atoms with van der Waals surface area (Å²) in [6.07, 6.45) is 0. The normalized spacial score (nSPS) is 11.5. The maximum atomic E-state index is 12.2. The molecule has 9 heteroatoms. The van der Waals surface area contributed by atoms with E-state index in [1.165, 1.54) is 23.5 Å². The molecule has 0 saturated heterocycles. The minimum Gasteiger partial charge on any atom is -0.478 e. The predicted octanol–water partition coefficient (Wildman–Crippen LogP) is 3.29. The van der Waals surface area contributed by atoms with Crippen LogP contribution >= 0.6 is 49.9 Å². The molecule has 0 radical (unpaired) electrons. The lowest BCUT2D eigenvalue weighted by atomic mass is 10.2. The molecule has 0 spiro atoms. The molecule has 0 fully saturated rings. The van der Waals surface area contributed by atoms with E-state index in [4.69, 9.17) is 5.11 Å². The van der Waals surface area contributed by atoms with Crippen molar-refractivity contribution in [1.82, 2.24) is 4.72 Å². The molecule has 2 rings (SSSR count). The van der Waals surface area contributed by atoms with Gasteiger partial charge in [0.25, 0.3) is 0 Å². The van der Waals surface area contributed by atoms with Crippen molar-refractivity contribution < 1.29 is 18.3 Å². The van der Waals surface area contributed by atoms with Crippen molar-refractivity contribution in [3.8, 4) is 0 Å². The molecule has 0 aliphatic carbocycles. The highest BCUT2D eigenvalue weighted by molar-refractivity contribution is 14.1. The summed E-state index contributed by atoms with van der Waals surface area (Å²) in [6.45, 7) is 0.160. The van der Waals surface area contributed by atoms with E-state index in [2.05, 4.69) is 20.7 Å². The van der Waals surface area contributed by atoms with Crippen LogP contribution in [0.4, 0.5) is 0 Å². The molecule has 0 unspecified atom stereocenters. The molecule has 5 nitrogen and oxygen atoms in total. The molecule has 0 bridgehead atoms. The van der Waals surface area contributed by atoms with Crippen LogP contribution in [0.1, 0.15) is 15.2 Å². The first-order valence-corrected chi connectivity index (χ1v) is 9.73. The van der Waals surface area contributed by atoms with Gasteiger partial charge in [-0.25, -0.2) is 17.9 Å². The number of thiophene rings is 1. The largest absolute Gasteiger partial charge is 0.478 e. The van der Waals surface area contributed by atoms with Gasteiger partial charge in [0.1, 0.15) is 0 Å². The molecular weight excluding hydrogens is 493 g/mol. The van der Waals surface area contributed by atoms with Crippen molar-refractivity contribution in [2.45, 2.75) is 11.4 Å². The monoisotopic (exact) mass is 501 g/mol. The molecule has 0 saturated carbocycles. The van der Waals surface area contributed by atoms with Crippen molar-refractivity contribution in [3.05, 3.63) is 48.1 Å². The first-order chi connectivity index (χ1) is 9.79. The lowest BCUT2D eigenvalue weighted by molar-refractivity contribution is 0.0695. The molecule has 1 heterocycles. The number of hydrogen-bond acceptors (Lipinski definition) is 4. The number of halogens is 2. The third-order valence-corrected chi connectivity index (χ3v) is 6.51. The van der Waals surface area contributed by atoms with E-state index in [1.54, 1.807) is 0 Å². The molecule has 0 aliphatic heterocycles. The van der Waals surface area contributed by atoms with Crippen molar-refractivity contribution >= 4 is 65.9 Å². The maximum Gasteiger partial charge on any atom is 0.336 e. The molecular formula is C12H9BrINO4S2. The van der Waals surface area contributed by atoms with Gasteiger partial charge in [-0.1, -0.05) is 0 Å². The quantitative estimate of drug-likeness (QED) is 0.616. The summed E-state index contributed by atoms with van der Waals surface area (Å²) >= 11 is 6.59. The molecule has 0 atom stereocenters. The average Bonchev–Trinajstić information content (AvgIpc) is 2.82. The summed E-state index contributed by atoms with van der Waals surface area (Å²) in [5.41, 5.74) is -0.0302. The zero-order valence-electron chi connectivity index (χ0n) is 10.3. The first-order valence-electron chi connectivity index (χ1n) is 5.56. The highest BCUT2D eigenvalue weighted by Gasteiger charge is 2.18. The summed E-state index contributed by atoms with van der Waals surface area (Å²) in [6, 6.07) is 7.67. The summed E-state index contributed by atoms with van der Waals surface area (Å²) in [4.78, 5) is 11.9. The van der Waals surface area contributed by atoms with Crippen LogP contribution in [-0.4, -0.2) is 19.5 Å². The van der Waals surface area contributed by atoms with E-state index in [1.807, 2.05) is 34.7 Å². The topological polar surface area (TPSA) is 83.5 Å². The summed E-state index contributed by atoms with van der Waals surface area (Å²) in [7, 11) is -3.75.